The van der Waals surface area contributed by atoms with Gasteiger partial charge in [-0.2, -0.15) is 0 Å². The first-order chi connectivity index (χ1) is 6.94. The zero-order valence-electron chi connectivity index (χ0n) is 9.32. The van der Waals surface area contributed by atoms with Gasteiger partial charge in [0.25, 0.3) is 0 Å². The third-order valence-corrected chi connectivity index (χ3v) is 2.10. The molecule has 0 aliphatic rings. The maximum Gasteiger partial charge on any atom is 0.305 e. The lowest BCUT2D eigenvalue weighted by Gasteiger charge is -2.25. The van der Waals surface area contributed by atoms with Crippen LogP contribution >= 0.6 is 0 Å². The van der Waals surface area contributed by atoms with Crippen molar-refractivity contribution in [1.29, 1.82) is 0 Å². The molecule has 0 saturated carbocycles. The van der Waals surface area contributed by atoms with E-state index in [0.29, 0.717) is 5.95 Å². The summed E-state index contributed by atoms with van der Waals surface area (Å²) in [6, 6.07) is 0. The molecule has 1 rings (SSSR count). The van der Waals surface area contributed by atoms with Gasteiger partial charge >= 0.3 is 5.97 Å². The molecule has 0 spiro atoms. The van der Waals surface area contributed by atoms with Gasteiger partial charge in [-0.1, -0.05) is 0 Å². The normalized spacial score (nSPS) is 11.4. The molecule has 1 aromatic heterocycles. The van der Waals surface area contributed by atoms with Crippen molar-refractivity contribution >= 4 is 11.9 Å². The van der Waals surface area contributed by atoms with Crippen molar-refractivity contribution < 1.29 is 9.90 Å². The maximum absolute atomic E-state index is 10.6. The van der Waals surface area contributed by atoms with Crippen LogP contribution in [0.2, 0.25) is 0 Å². The van der Waals surface area contributed by atoms with E-state index in [9.17, 15) is 4.79 Å². The highest BCUT2D eigenvalue weighted by Crippen LogP contribution is 2.16. The second-order valence-corrected chi connectivity index (χ2v) is 4.12. The Morgan fingerprint density at radius 1 is 1.67 bits per heavy atom. The van der Waals surface area contributed by atoms with E-state index in [1.165, 1.54) is 0 Å². The Morgan fingerprint density at radius 3 is 2.87 bits per heavy atom. The van der Waals surface area contributed by atoms with E-state index in [2.05, 4.69) is 10.3 Å². The molecule has 84 valence electrons. The average molecular weight is 211 g/mol. The minimum atomic E-state index is -0.817. The number of hydrogen-bond donors (Lipinski definition) is 2. The van der Waals surface area contributed by atoms with Crippen LogP contribution < -0.4 is 5.32 Å². The molecule has 0 bridgehead atoms. The second-order valence-electron chi connectivity index (χ2n) is 4.12. The molecule has 0 unspecified atom stereocenters. The summed E-state index contributed by atoms with van der Waals surface area (Å²) in [7, 11) is 0. The Labute approximate surface area is 89.1 Å². The molecule has 0 amide bonds. The quantitative estimate of drug-likeness (QED) is 0.775. The van der Waals surface area contributed by atoms with Crippen LogP contribution in [0, 0.1) is 0 Å². The Balaban J connectivity index is 2.72. The number of nitrogens with zero attached hydrogens (tertiary/aromatic N) is 2. The van der Waals surface area contributed by atoms with Crippen molar-refractivity contribution in [2.45, 2.75) is 39.3 Å². The number of imidazole rings is 1. The minimum Gasteiger partial charge on any atom is -0.481 e. The van der Waals surface area contributed by atoms with E-state index in [-0.39, 0.29) is 6.42 Å². The van der Waals surface area contributed by atoms with Crippen LogP contribution in [0.3, 0.4) is 0 Å². The van der Waals surface area contributed by atoms with Crippen molar-refractivity contribution in [3.05, 3.63) is 12.4 Å². The van der Waals surface area contributed by atoms with Crippen molar-refractivity contribution in [1.82, 2.24) is 9.55 Å². The number of carboxylic acids is 1. The number of carboxylic acid groups (broad SMARTS) is 1. The summed E-state index contributed by atoms with van der Waals surface area (Å²) in [5.41, 5.74) is -0.496. The van der Waals surface area contributed by atoms with Crippen molar-refractivity contribution in [2.24, 2.45) is 0 Å². The molecular weight excluding hydrogens is 194 g/mol. The molecule has 0 fully saturated rings. The van der Waals surface area contributed by atoms with Gasteiger partial charge < -0.3 is 15.0 Å². The summed E-state index contributed by atoms with van der Waals surface area (Å²) in [4.78, 5) is 14.8. The third-order valence-electron chi connectivity index (χ3n) is 2.10. The van der Waals surface area contributed by atoms with Crippen molar-refractivity contribution in [3.63, 3.8) is 0 Å². The fraction of sp³-hybridized carbons (Fsp3) is 0.600. The molecule has 5 nitrogen and oxygen atoms in total. The van der Waals surface area contributed by atoms with Gasteiger partial charge in [-0.15, -0.1) is 0 Å². The SMILES string of the molecule is CCn1ccnc1NC(C)(C)CC(=O)O. The molecule has 0 atom stereocenters. The number of anilines is 1. The number of nitrogens with one attached hydrogen (secondary N) is 1. The molecule has 0 aromatic carbocycles. The van der Waals surface area contributed by atoms with E-state index in [4.69, 9.17) is 5.11 Å². The summed E-state index contributed by atoms with van der Waals surface area (Å²) in [6.45, 7) is 6.51. The molecule has 1 heterocycles. The Kier molecular flexibility index (Phi) is 3.34. The summed E-state index contributed by atoms with van der Waals surface area (Å²) in [5, 5.41) is 11.9. The number of aliphatic carboxylic acids is 1. The molecule has 2 N–H and O–H groups in total. The number of hydrogen-bond acceptors (Lipinski definition) is 3. The van der Waals surface area contributed by atoms with Gasteiger partial charge in [0.2, 0.25) is 5.95 Å². The van der Waals surface area contributed by atoms with E-state index in [1.54, 1.807) is 6.20 Å². The van der Waals surface area contributed by atoms with Gasteiger partial charge in [0.15, 0.2) is 0 Å². The third kappa shape index (κ3) is 3.27. The summed E-state index contributed by atoms with van der Waals surface area (Å²) >= 11 is 0. The van der Waals surface area contributed by atoms with Gasteiger partial charge in [0.05, 0.1) is 6.42 Å². The molecule has 5 heteroatoms. The van der Waals surface area contributed by atoms with Gasteiger partial charge in [-0.05, 0) is 20.8 Å². The first kappa shape index (κ1) is 11.6. The van der Waals surface area contributed by atoms with Crippen LogP contribution in [0.5, 0.6) is 0 Å². The summed E-state index contributed by atoms with van der Waals surface area (Å²) in [5.74, 6) is -0.106. The molecule has 15 heavy (non-hydrogen) atoms. The predicted molar refractivity (Wildman–Crippen MR) is 57.9 cm³/mol. The fourth-order valence-electron chi connectivity index (χ4n) is 1.41. The van der Waals surface area contributed by atoms with Gasteiger partial charge in [-0.25, -0.2) is 4.98 Å². The van der Waals surface area contributed by atoms with E-state index in [0.717, 1.165) is 6.54 Å². The van der Waals surface area contributed by atoms with Gasteiger partial charge in [-0.3, -0.25) is 4.79 Å². The monoisotopic (exact) mass is 211 g/mol. The highest BCUT2D eigenvalue weighted by atomic mass is 16.4. The van der Waals surface area contributed by atoms with Crippen LogP contribution in [-0.4, -0.2) is 26.2 Å². The summed E-state index contributed by atoms with van der Waals surface area (Å²) < 4.78 is 1.93. The number of aryl methyl sites for hydroxylation is 1. The largest absolute Gasteiger partial charge is 0.481 e. The molecule has 1 aromatic rings. The molecule has 0 aliphatic carbocycles. The number of rotatable bonds is 5. The Morgan fingerprint density at radius 2 is 2.33 bits per heavy atom. The van der Waals surface area contributed by atoms with E-state index >= 15 is 0 Å². The second kappa shape index (κ2) is 4.33. The lowest BCUT2D eigenvalue weighted by atomic mass is 10.0. The van der Waals surface area contributed by atoms with Gasteiger partial charge in [0, 0.05) is 24.5 Å². The standard InChI is InChI=1S/C10H17N3O2/c1-4-13-6-5-11-9(13)12-10(2,3)7-8(14)15/h5-6H,4,7H2,1-3H3,(H,11,12)(H,14,15). The van der Waals surface area contributed by atoms with Crippen molar-refractivity contribution in [2.75, 3.05) is 5.32 Å². The van der Waals surface area contributed by atoms with Crippen LogP contribution in [-0.2, 0) is 11.3 Å². The van der Waals surface area contributed by atoms with E-state index < -0.39 is 11.5 Å². The van der Waals surface area contributed by atoms with Crippen molar-refractivity contribution in [3.8, 4) is 0 Å². The highest BCUT2D eigenvalue weighted by Gasteiger charge is 2.22. The molecular formula is C10H17N3O2. The predicted octanol–water partition coefficient (Wildman–Crippen LogP) is 1.57. The van der Waals surface area contributed by atoms with E-state index in [1.807, 2.05) is 31.5 Å². The first-order valence-electron chi connectivity index (χ1n) is 4.96. The zero-order valence-corrected chi connectivity index (χ0v) is 9.32. The number of aromatic nitrogens is 2. The molecule has 0 aliphatic heterocycles. The van der Waals surface area contributed by atoms with Crippen LogP contribution in [0.1, 0.15) is 27.2 Å². The van der Waals surface area contributed by atoms with Crippen LogP contribution in [0.25, 0.3) is 0 Å². The zero-order chi connectivity index (χ0) is 11.5. The Bertz CT molecular complexity index is 344. The lowest BCUT2D eigenvalue weighted by molar-refractivity contribution is -0.137. The first-order valence-corrected chi connectivity index (χ1v) is 4.96. The van der Waals surface area contributed by atoms with Crippen LogP contribution in [0.15, 0.2) is 12.4 Å². The van der Waals surface area contributed by atoms with Crippen LogP contribution in [0.4, 0.5) is 5.95 Å². The highest BCUT2D eigenvalue weighted by molar-refractivity contribution is 5.69. The Hall–Kier alpha value is -1.52. The topological polar surface area (TPSA) is 67.2 Å². The molecule has 0 saturated heterocycles. The lowest BCUT2D eigenvalue weighted by Crippen LogP contribution is -2.34. The average Bonchev–Trinajstić information content (AvgIpc) is 2.48. The fourth-order valence-corrected chi connectivity index (χ4v) is 1.41. The number of carbonyl (C=O) groups is 1. The molecule has 0 radical (unpaired) electrons. The maximum atomic E-state index is 10.6. The van der Waals surface area contributed by atoms with Gasteiger partial charge in [0.1, 0.15) is 0 Å². The smallest absolute Gasteiger partial charge is 0.305 e. The summed E-state index contributed by atoms with van der Waals surface area (Å²) in [6.07, 6.45) is 3.62. The minimum absolute atomic E-state index is 0.0591.